The van der Waals surface area contributed by atoms with Gasteiger partial charge in [0.25, 0.3) is 0 Å². The molecular weight excluding hydrogens is 435 g/mol. The molecule has 1 aliphatic rings. The Kier molecular flexibility index (Phi) is 7.97. The van der Waals surface area contributed by atoms with Crippen LogP contribution in [-0.4, -0.2) is 47.5 Å². The first kappa shape index (κ1) is 23.7. The molecule has 4 rings (SSSR count). The fourth-order valence-corrected chi connectivity index (χ4v) is 4.51. The Morgan fingerprint density at radius 3 is 2.36 bits per heavy atom. The van der Waals surface area contributed by atoms with Crippen LogP contribution in [0.2, 0.25) is 5.02 Å². The van der Waals surface area contributed by atoms with Gasteiger partial charge < -0.3 is 4.90 Å². The molecule has 4 nitrogen and oxygen atoms in total. The first-order valence-corrected chi connectivity index (χ1v) is 11.9. The van der Waals surface area contributed by atoms with Crippen LogP contribution >= 0.6 is 11.6 Å². The molecule has 2 aromatic carbocycles. The predicted molar refractivity (Wildman–Crippen MR) is 134 cm³/mol. The van der Waals surface area contributed by atoms with Crippen molar-refractivity contribution in [2.24, 2.45) is 0 Å². The smallest absolute Gasteiger partial charge is 0.131 e. The van der Waals surface area contributed by atoms with Crippen LogP contribution in [0, 0.1) is 12.7 Å². The van der Waals surface area contributed by atoms with Crippen LogP contribution in [0.1, 0.15) is 29.2 Å². The third kappa shape index (κ3) is 6.11. The largest absolute Gasteiger partial charge is 0.354 e. The molecule has 1 fully saturated rings. The van der Waals surface area contributed by atoms with Crippen molar-refractivity contribution in [3.05, 3.63) is 101 Å². The molecule has 1 saturated heterocycles. The quantitative estimate of drug-likeness (QED) is 0.444. The minimum absolute atomic E-state index is 0.245. The SMILES string of the molecule is [CH2]c1cccnc1N1CCN(Cc2ccc(CN(CC)Cc3c(F)cccc3Cl)cc2)CC1. The van der Waals surface area contributed by atoms with Crippen LogP contribution in [0.3, 0.4) is 0 Å². The third-order valence-corrected chi connectivity index (χ3v) is 6.62. The van der Waals surface area contributed by atoms with Crippen molar-refractivity contribution in [2.75, 3.05) is 37.6 Å². The van der Waals surface area contributed by atoms with Gasteiger partial charge in [0.05, 0.1) is 0 Å². The molecule has 1 aliphatic heterocycles. The van der Waals surface area contributed by atoms with Crippen molar-refractivity contribution in [3.63, 3.8) is 0 Å². The average Bonchev–Trinajstić information content (AvgIpc) is 2.83. The predicted octanol–water partition coefficient (Wildman–Crippen LogP) is 5.40. The van der Waals surface area contributed by atoms with Gasteiger partial charge in [0.1, 0.15) is 11.6 Å². The first-order chi connectivity index (χ1) is 16.0. The zero-order valence-corrected chi connectivity index (χ0v) is 19.9. The summed E-state index contributed by atoms with van der Waals surface area (Å²) in [6.07, 6.45) is 1.84. The molecule has 6 heteroatoms. The van der Waals surface area contributed by atoms with E-state index in [4.69, 9.17) is 11.6 Å². The Morgan fingerprint density at radius 2 is 1.70 bits per heavy atom. The summed E-state index contributed by atoms with van der Waals surface area (Å²) in [7, 11) is 0. The fourth-order valence-electron chi connectivity index (χ4n) is 4.29. The number of pyridine rings is 1. The summed E-state index contributed by atoms with van der Waals surface area (Å²) in [5.74, 6) is 0.754. The molecule has 1 radical (unpaired) electrons. The topological polar surface area (TPSA) is 22.6 Å². The number of hydrogen-bond acceptors (Lipinski definition) is 4. The second kappa shape index (κ2) is 11.1. The summed E-state index contributed by atoms with van der Waals surface area (Å²) in [4.78, 5) is 11.5. The van der Waals surface area contributed by atoms with E-state index < -0.39 is 0 Å². The third-order valence-electron chi connectivity index (χ3n) is 6.27. The number of benzene rings is 2. The highest BCUT2D eigenvalue weighted by Crippen LogP contribution is 2.22. The van der Waals surface area contributed by atoms with E-state index in [-0.39, 0.29) is 5.82 Å². The normalized spacial score (nSPS) is 14.8. The second-order valence-corrected chi connectivity index (χ2v) is 8.98. The van der Waals surface area contributed by atoms with E-state index in [0.29, 0.717) is 17.1 Å². The Hall–Kier alpha value is -2.47. The molecular formula is C27H31ClFN4. The average molecular weight is 466 g/mol. The van der Waals surface area contributed by atoms with E-state index in [9.17, 15) is 4.39 Å². The molecule has 0 saturated carbocycles. The van der Waals surface area contributed by atoms with Gasteiger partial charge in [-0.2, -0.15) is 0 Å². The van der Waals surface area contributed by atoms with Crippen molar-refractivity contribution < 1.29 is 4.39 Å². The Morgan fingerprint density at radius 1 is 0.970 bits per heavy atom. The van der Waals surface area contributed by atoms with Crippen LogP contribution in [0.5, 0.6) is 0 Å². The van der Waals surface area contributed by atoms with Crippen LogP contribution in [0.15, 0.2) is 60.8 Å². The molecule has 0 unspecified atom stereocenters. The molecule has 0 aliphatic carbocycles. The van der Waals surface area contributed by atoms with Gasteiger partial charge in [-0.05, 0) is 48.4 Å². The van der Waals surface area contributed by atoms with Crippen LogP contribution in [0.25, 0.3) is 0 Å². The number of nitrogens with zero attached hydrogens (tertiary/aromatic N) is 4. The number of rotatable bonds is 8. The van der Waals surface area contributed by atoms with Crippen molar-refractivity contribution in [1.82, 2.24) is 14.8 Å². The van der Waals surface area contributed by atoms with Crippen molar-refractivity contribution >= 4 is 17.4 Å². The highest BCUT2D eigenvalue weighted by molar-refractivity contribution is 6.31. The summed E-state index contributed by atoms with van der Waals surface area (Å²) in [6.45, 7) is 13.1. The summed E-state index contributed by atoms with van der Waals surface area (Å²) >= 11 is 6.22. The molecule has 0 atom stereocenters. The van der Waals surface area contributed by atoms with Gasteiger partial charge in [-0.3, -0.25) is 9.80 Å². The van der Waals surface area contributed by atoms with Gasteiger partial charge in [0.15, 0.2) is 0 Å². The number of aromatic nitrogens is 1. The van der Waals surface area contributed by atoms with Gasteiger partial charge in [0.2, 0.25) is 0 Å². The molecule has 1 aromatic heterocycles. The maximum atomic E-state index is 14.2. The van der Waals surface area contributed by atoms with Gasteiger partial charge in [-0.15, -0.1) is 0 Å². The van der Waals surface area contributed by atoms with Gasteiger partial charge in [-0.25, -0.2) is 9.37 Å². The Labute approximate surface area is 201 Å². The molecule has 0 bridgehead atoms. The molecule has 0 amide bonds. The minimum atomic E-state index is -0.245. The lowest BCUT2D eigenvalue weighted by molar-refractivity contribution is 0.249. The summed E-state index contributed by atoms with van der Waals surface area (Å²) in [5, 5.41) is 0.485. The Bertz CT molecular complexity index is 1030. The van der Waals surface area contributed by atoms with Crippen molar-refractivity contribution in [3.8, 4) is 0 Å². The molecule has 3 aromatic rings. The zero-order chi connectivity index (χ0) is 23.2. The first-order valence-electron chi connectivity index (χ1n) is 11.5. The van der Waals surface area contributed by atoms with Crippen molar-refractivity contribution in [2.45, 2.75) is 26.6 Å². The van der Waals surface area contributed by atoms with E-state index in [1.807, 2.05) is 18.3 Å². The molecule has 33 heavy (non-hydrogen) atoms. The highest BCUT2D eigenvalue weighted by atomic mass is 35.5. The van der Waals surface area contributed by atoms with Gasteiger partial charge in [-0.1, -0.05) is 54.9 Å². The van der Waals surface area contributed by atoms with E-state index in [2.05, 4.69) is 57.8 Å². The molecule has 0 N–H and O–H groups in total. The summed E-state index contributed by atoms with van der Waals surface area (Å²) < 4.78 is 14.2. The number of hydrogen-bond donors (Lipinski definition) is 0. The lowest BCUT2D eigenvalue weighted by Gasteiger charge is -2.36. The summed E-state index contributed by atoms with van der Waals surface area (Å²) in [5.41, 5.74) is 4.08. The molecule has 0 spiro atoms. The molecule has 2 heterocycles. The van der Waals surface area contributed by atoms with Crippen LogP contribution in [0.4, 0.5) is 10.2 Å². The van der Waals surface area contributed by atoms with E-state index in [1.54, 1.807) is 12.1 Å². The zero-order valence-electron chi connectivity index (χ0n) is 19.2. The van der Waals surface area contributed by atoms with Gasteiger partial charge >= 0.3 is 0 Å². The van der Waals surface area contributed by atoms with Crippen LogP contribution < -0.4 is 4.90 Å². The maximum Gasteiger partial charge on any atom is 0.131 e. The van der Waals surface area contributed by atoms with Crippen molar-refractivity contribution in [1.29, 1.82) is 0 Å². The van der Waals surface area contributed by atoms with E-state index in [0.717, 1.165) is 57.2 Å². The fraction of sp³-hybridized carbons (Fsp3) is 0.333. The monoisotopic (exact) mass is 465 g/mol. The number of anilines is 1. The van der Waals surface area contributed by atoms with E-state index >= 15 is 0 Å². The minimum Gasteiger partial charge on any atom is -0.354 e. The highest BCUT2D eigenvalue weighted by Gasteiger charge is 2.19. The summed E-state index contributed by atoms with van der Waals surface area (Å²) in [6, 6.07) is 17.6. The lowest BCUT2D eigenvalue weighted by atomic mass is 10.1. The number of halogens is 2. The molecule has 173 valence electrons. The van der Waals surface area contributed by atoms with E-state index in [1.165, 1.54) is 17.2 Å². The van der Waals surface area contributed by atoms with Gasteiger partial charge in [0, 0.05) is 62.6 Å². The lowest BCUT2D eigenvalue weighted by Crippen LogP contribution is -2.46. The number of piperazine rings is 1. The maximum absolute atomic E-state index is 14.2. The van der Waals surface area contributed by atoms with Crippen LogP contribution in [-0.2, 0) is 19.6 Å². The Balaban J connectivity index is 1.30. The second-order valence-electron chi connectivity index (χ2n) is 8.57. The standard InChI is InChI=1S/C27H31ClFN4/c1-3-31(20-24-25(28)7-4-8-26(24)29)18-22-9-11-23(12-10-22)19-32-14-16-33(17-15-32)27-21(2)6-5-13-30-27/h4-13H,2-3,14-20H2,1H3.